The first-order valence-electron chi connectivity index (χ1n) is 8.15. The van der Waals surface area contributed by atoms with Gasteiger partial charge in [0.1, 0.15) is 0 Å². The van der Waals surface area contributed by atoms with Gasteiger partial charge in [0.15, 0.2) is 0 Å². The van der Waals surface area contributed by atoms with Crippen molar-refractivity contribution in [1.82, 2.24) is 9.88 Å². The summed E-state index contributed by atoms with van der Waals surface area (Å²) >= 11 is 0. The minimum absolute atomic E-state index is 0.302. The Hall–Kier alpha value is -1.71. The fourth-order valence-corrected chi connectivity index (χ4v) is 3.48. The molecule has 3 heteroatoms. The first-order valence-corrected chi connectivity index (χ1v) is 8.15. The second kappa shape index (κ2) is 7.03. The summed E-state index contributed by atoms with van der Waals surface area (Å²) < 4.78 is 0. The molecular formula is C19H24N2O. The first kappa shape index (κ1) is 15.2. The summed E-state index contributed by atoms with van der Waals surface area (Å²) in [4.78, 5) is 6.99. The number of aromatic nitrogens is 1. The number of likely N-dealkylation sites (tertiary alicyclic amines) is 1. The van der Waals surface area contributed by atoms with Gasteiger partial charge in [-0.05, 0) is 50.4 Å². The van der Waals surface area contributed by atoms with Crippen LogP contribution >= 0.6 is 0 Å². The number of hydrogen-bond donors (Lipinski definition) is 1. The summed E-state index contributed by atoms with van der Waals surface area (Å²) in [7, 11) is 0. The van der Waals surface area contributed by atoms with E-state index in [0.29, 0.717) is 12.1 Å². The molecule has 0 bridgehead atoms. The van der Waals surface area contributed by atoms with Crippen molar-refractivity contribution in [2.45, 2.75) is 44.4 Å². The van der Waals surface area contributed by atoms with Crippen LogP contribution in [0.1, 0.15) is 49.6 Å². The Morgan fingerprint density at radius 2 is 1.95 bits per heavy atom. The highest BCUT2D eigenvalue weighted by Gasteiger charge is 2.31. The van der Waals surface area contributed by atoms with Crippen molar-refractivity contribution < 1.29 is 5.11 Å². The number of nitrogens with zero attached hydrogens (tertiary/aromatic N) is 2. The fraction of sp³-hybridized carbons (Fsp3) is 0.421. The highest BCUT2D eigenvalue weighted by molar-refractivity contribution is 5.18. The largest absolute Gasteiger partial charge is 0.388 e. The molecule has 2 aromatic rings. The van der Waals surface area contributed by atoms with Crippen molar-refractivity contribution in [3.8, 4) is 0 Å². The van der Waals surface area contributed by atoms with Gasteiger partial charge in [0, 0.05) is 18.3 Å². The van der Waals surface area contributed by atoms with Crippen LogP contribution in [0.4, 0.5) is 0 Å². The second-order valence-electron chi connectivity index (χ2n) is 6.13. The molecule has 1 aromatic heterocycles. The Morgan fingerprint density at radius 1 is 1.18 bits per heavy atom. The fourth-order valence-electron chi connectivity index (χ4n) is 3.48. The van der Waals surface area contributed by atoms with E-state index in [1.165, 1.54) is 6.42 Å². The third-order valence-corrected chi connectivity index (χ3v) is 4.72. The maximum atomic E-state index is 10.5. The summed E-state index contributed by atoms with van der Waals surface area (Å²) in [6.45, 7) is 3.31. The van der Waals surface area contributed by atoms with Crippen LogP contribution in [0.5, 0.6) is 0 Å². The van der Waals surface area contributed by atoms with Gasteiger partial charge < -0.3 is 5.11 Å². The lowest BCUT2D eigenvalue weighted by molar-refractivity contribution is 0.102. The van der Waals surface area contributed by atoms with Crippen LogP contribution < -0.4 is 0 Å². The molecule has 22 heavy (non-hydrogen) atoms. The molecule has 1 N–H and O–H groups in total. The van der Waals surface area contributed by atoms with Crippen molar-refractivity contribution in [3.63, 3.8) is 0 Å². The Bertz CT molecular complexity index is 573. The smallest absolute Gasteiger partial charge is 0.0805 e. The highest BCUT2D eigenvalue weighted by Crippen LogP contribution is 2.33. The number of rotatable bonds is 5. The summed E-state index contributed by atoms with van der Waals surface area (Å²) in [5.74, 6) is 0. The number of aliphatic hydroxyl groups excluding tert-OH is 1. The SMILES string of the molecule is CC(c1ccccn1)N1CCCC1CC(O)c1ccccc1. The zero-order valence-corrected chi connectivity index (χ0v) is 13.1. The molecule has 0 aliphatic carbocycles. The maximum absolute atomic E-state index is 10.5. The van der Waals surface area contributed by atoms with Crippen molar-refractivity contribution in [1.29, 1.82) is 0 Å². The molecule has 3 atom stereocenters. The van der Waals surface area contributed by atoms with E-state index in [-0.39, 0.29) is 6.10 Å². The molecule has 1 saturated heterocycles. The summed E-state index contributed by atoms with van der Waals surface area (Å²) in [6, 6.07) is 16.8. The van der Waals surface area contributed by atoms with Gasteiger partial charge in [0.2, 0.25) is 0 Å². The van der Waals surface area contributed by atoms with Gasteiger partial charge in [0.05, 0.1) is 11.8 Å². The molecule has 0 spiro atoms. The zero-order chi connectivity index (χ0) is 15.4. The highest BCUT2D eigenvalue weighted by atomic mass is 16.3. The summed E-state index contributed by atoms with van der Waals surface area (Å²) in [6.07, 6.45) is 4.61. The van der Waals surface area contributed by atoms with Gasteiger partial charge in [-0.2, -0.15) is 0 Å². The Balaban J connectivity index is 1.68. The molecule has 0 saturated carbocycles. The summed E-state index contributed by atoms with van der Waals surface area (Å²) in [5, 5.41) is 10.5. The lowest BCUT2D eigenvalue weighted by Crippen LogP contribution is -2.33. The molecule has 2 heterocycles. The van der Waals surface area contributed by atoms with Crippen LogP contribution in [0.2, 0.25) is 0 Å². The van der Waals surface area contributed by atoms with Crippen LogP contribution in [0, 0.1) is 0 Å². The lowest BCUT2D eigenvalue weighted by atomic mass is 9.99. The third kappa shape index (κ3) is 3.37. The quantitative estimate of drug-likeness (QED) is 0.913. The molecule has 116 valence electrons. The molecule has 3 nitrogen and oxygen atoms in total. The van der Waals surface area contributed by atoms with Crippen LogP contribution in [0.25, 0.3) is 0 Å². The van der Waals surface area contributed by atoms with Crippen molar-refractivity contribution in [2.75, 3.05) is 6.54 Å². The Labute approximate surface area is 132 Å². The predicted octanol–water partition coefficient (Wildman–Crippen LogP) is 3.73. The van der Waals surface area contributed by atoms with E-state index < -0.39 is 0 Å². The molecule has 3 unspecified atom stereocenters. The van der Waals surface area contributed by atoms with Crippen LogP contribution in [-0.4, -0.2) is 27.6 Å². The van der Waals surface area contributed by atoms with Gasteiger partial charge in [-0.15, -0.1) is 0 Å². The van der Waals surface area contributed by atoms with E-state index in [1.807, 2.05) is 48.7 Å². The standard InChI is InChI=1S/C19H24N2O/c1-15(18-11-5-6-12-20-18)21-13-7-10-17(21)14-19(22)16-8-3-2-4-9-16/h2-6,8-9,11-12,15,17,19,22H,7,10,13-14H2,1H3. The second-order valence-corrected chi connectivity index (χ2v) is 6.13. The van der Waals surface area contributed by atoms with Gasteiger partial charge in [0.25, 0.3) is 0 Å². The van der Waals surface area contributed by atoms with Gasteiger partial charge >= 0.3 is 0 Å². The van der Waals surface area contributed by atoms with Crippen LogP contribution in [0.15, 0.2) is 54.7 Å². The van der Waals surface area contributed by atoms with E-state index in [1.54, 1.807) is 0 Å². The van der Waals surface area contributed by atoms with Gasteiger partial charge in [-0.1, -0.05) is 36.4 Å². The van der Waals surface area contributed by atoms with E-state index in [0.717, 1.165) is 30.6 Å². The zero-order valence-electron chi connectivity index (χ0n) is 13.1. The minimum atomic E-state index is -0.386. The molecule has 1 aliphatic rings. The molecule has 1 aliphatic heterocycles. The van der Waals surface area contributed by atoms with Crippen molar-refractivity contribution in [2.24, 2.45) is 0 Å². The topological polar surface area (TPSA) is 36.4 Å². The van der Waals surface area contributed by atoms with Crippen LogP contribution in [0.3, 0.4) is 0 Å². The molecule has 0 amide bonds. The first-order chi connectivity index (χ1) is 10.8. The predicted molar refractivity (Wildman–Crippen MR) is 88.4 cm³/mol. The number of pyridine rings is 1. The van der Waals surface area contributed by atoms with Crippen molar-refractivity contribution >= 4 is 0 Å². The lowest BCUT2D eigenvalue weighted by Gasteiger charge is -2.31. The number of hydrogen-bond acceptors (Lipinski definition) is 3. The van der Waals surface area contributed by atoms with Crippen molar-refractivity contribution in [3.05, 3.63) is 66.0 Å². The molecule has 1 aromatic carbocycles. The normalized spacial score (nSPS) is 21.6. The average molecular weight is 296 g/mol. The summed E-state index contributed by atoms with van der Waals surface area (Å²) in [5.41, 5.74) is 2.13. The number of aliphatic hydroxyl groups is 1. The van der Waals surface area contributed by atoms with Crippen LogP contribution in [-0.2, 0) is 0 Å². The van der Waals surface area contributed by atoms with E-state index in [9.17, 15) is 5.11 Å². The van der Waals surface area contributed by atoms with Gasteiger partial charge in [-0.3, -0.25) is 9.88 Å². The molecule has 0 radical (unpaired) electrons. The average Bonchev–Trinajstić information content (AvgIpc) is 3.04. The minimum Gasteiger partial charge on any atom is -0.388 e. The molecular weight excluding hydrogens is 272 g/mol. The Kier molecular flexibility index (Phi) is 4.86. The third-order valence-electron chi connectivity index (χ3n) is 4.72. The van der Waals surface area contributed by atoms with E-state index >= 15 is 0 Å². The molecule has 1 fully saturated rings. The number of benzene rings is 1. The Morgan fingerprint density at radius 3 is 2.68 bits per heavy atom. The molecule has 3 rings (SSSR count). The monoisotopic (exact) mass is 296 g/mol. The van der Waals surface area contributed by atoms with E-state index in [4.69, 9.17) is 0 Å². The maximum Gasteiger partial charge on any atom is 0.0805 e. The van der Waals surface area contributed by atoms with Gasteiger partial charge in [-0.25, -0.2) is 0 Å². The van der Waals surface area contributed by atoms with E-state index in [2.05, 4.69) is 22.9 Å².